The summed E-state index contributed by atoms with van der Waals surface area (Å²) in [5.41, 5.74) is 2.20. The molecule has 3 rings (SSSR count). The summed E-state index contributed by atoms with van der Waals surface area (Å²) in [6.45, 7) is 3.30. The van der Waals surface area contributed by atoms with Crippen molar-refractivity contribution in [2.24, 2.45) is 7.05 Å². The Balaban J connectivity index is 1.91. The van der Waals surface area contributed by atoms with E-state index in [0.29, 0.717) is 0 Å². The molecule has 0 aliphatic carbocycles. The molecule has 0 radical (unpaired) electrons. The fourth-order valence-corrected chi connectivity index (χ4v) is 2.66. The van der Waals surface area contributed by atoms with Crippen LogP contribution in [-0.4, -0.2) is 40.4 Å². The minimum absolute atomic E-state index is 0.0606. The second kappa shape index (κ2) is 5.00. The number of benzene rings is 1. The first-order chi connectivity index (χ1) is 9.29. The van der Waals surface area contributed by atoms with Crippen molar-refractivity contribution in [3.05, 3.63) is 30.0 Å². The van der Waals surface area contributed by atoms with Crippen LogP contribution in [0.25, 0.3) is 10.9 Å². The van der Waals surface area contributed by atoms with E-state index in [2.05, 4.69) is 33.5 Å². The van der Waals surface area contributed by atoms with E-state index >= 15 is 0 Å². The Morgan fingerprint density at radius 3 is 3.16 bits per heavy atom. The summed E-state index contributed by atoms with van der Waals surface area (Å²) >= 11 is 0. The van der Waals surface area contributed by atoms with Gasteiger partial charge in [-0.2, -0.15) is 10.4 Å². The average molecular weight is 255 g/mol. The van der Waals surface area contributed by atoms with Crippen LogP contribution in [0.4, 0.5) is 0 Å². The third kappa shape index (κ3) is 2.21. The van der Waals surface area contributed by atoms with Gasteiger partial charge in [0, 0.05) is 38.6 Å². The van der Waals surface area contributed by atoms with Crippen LogP contribution in [0.2, 0.25) is 0 Å². The van der Waals surface area contributed by atoms with Crippen LogP contribution >= 0.6 is 0 Å². The topological polar surface area (TPSA) is 56.9 Å². The van der Waals surface area contributed by atoms with Crippen LogP contribution in [-0.2, 0) is 13.6 Å². The monoisotopic (exact) mass is 255 g/mol. The number of piperazine rings is 1. The fraction of sp³-hybridized carbons (Fsp3) is 0.429. The van der Waals surface area contributed by atoms with Gasteiger partial charge in [0.1, 0.15) is 6.04 Å². The second-order valence-electron chi connectivity index (χ2n) is 4.91. The number of aromatic nitrogens is 2. The SMILES string of the molecule is Cn1nc(CN2CCNCC2C#N)c2ccccc21. The third-order valence-electron chi connectivity index (χ3n) is 3.69. The summed E-state index contributed by atoms with van der Waals surface area (Å²) in [5, 5.41) is 18.2. The number of nitriles is 1. The van der Waals surface area contributed by atoms with E-state index in [4.69, 9.17) is 0 Å². The molecule has 0 amide bonds. The maximum atomic E-state index is 9.20. The molecule has 1 aromatic heterocycles. The van der Waals surface area contributed by atoms with Gasteiger partial charge in [-0.05, 0) is 6.07 Å². The van der Waals surface area contributed by atoms with Crippen LogP contribution in [0.1, 0.15) is 5.69 Å². The van der Waals surface area contributed by atoms with E-state index in [1.165, 1.54) is 5.39 Å². The Labute approximate surface area is 112 Å². The first kappa shape index (κ1) is 12.2. The molecule has 0 bridgehead atoms. The lowest BCUT2D eigenvalue weighted by molar-refractivity contribution is 0.187. The Morgan fingerprint density at radius 1 is 1.47 bits per heavy atom. The highest BCUT2D eigenvalue weighted by molar-refractivity contribution is 5.81. The molecule has 1 unspecified atom stereocenters. The molecule has 1 atom stereocenters. The summed E-state index contributed by atoms with van der Waals surface area (Å²) in [6, 6.07) is 10.5. The first-order valence-corrected chi connectivity index (χ1v) is 6.54. The largest absolute Gasteiger partial charge is 0.313 e. The molecule has 0 spiro atoms. The zero-order valence-electron chi connectivity index (χ0n) is 11.0. The van der Waals surface area contributed by atoms with Crippen molar-refractivity contribution >= 4 is 10.9 Å². The molecule has 1 saturated heterocycles. The molecular formula is C14H17N5. The van der Waals surface area contributed by atoms with Gasteiger partial charge < -0.3 is 5.32 Å². The molecule has 1 aliphatic rings. The zero-order valence-corrected chi connectivity index (χ0v) is 11.0. The lowest BCUT2D eigenvalue weighted by Gasteiger charge is -2.31. The average Bonchev–Trinajstić information content (AvgIpc) is 2.77. The van der Waals surface area contributed by atoms with Crippen molar-refractivity contribution in [1.82, 2.24) is 20.0 Å². The Morgan fingerprint density at radius 2 is 2.32 bits per heavy atom. The minimum Gasteiger partial charge on any atom is -0.313 e. The maximum absolute atomic E-state index is 9.20. The summed E-state index contributed by atoms with van der Waals surface area (Å²) < 4.78 is 1.91. The van der Waals surface area contributed by atoms with Crippen LogP contribution < -0.4 is 5.32 Å². The molecule has 1 aliphatic heterocycles. The molecular weight excluding hydrogens is 238 g/mol. The fourth-order valence-electron chi connectivity index (χ4n) is 2.66. The number of para-hydroxylation sites is 1. The number of hydrogen-bond donors (Lipinski definition) is 1. The Hall–Kier alpha value is -1.90. The highest BCUT2D eigenvalue weighted by Crippen LogP contribution is 2.20. The van der Waals surface area contributed by atoms with E-state index < -0.39 is 0 Å². The molecule has 98 valence electrons. The van der Waals surface area contributed by atoms with Gasteiger partial charge in [0.05, 0.1) is 17.3 Å². The molecule has 2 aromatic rings. The highest BCUT2D eigenvalue weighted by Gasteiger charge is 2.23. The lowest BCUT2D eigenvalue weighted by atomic mass is 10.1. The van der Waals surface area contributed by atoms with Crippen LogP contribution in [0.5, 0.6) is 0 Å². The van der Waals surface area contributed by atoms with Crippen molar-refractivity contribution in [2.75, 3.05) is 19.6 Å². The van der Waals surface area contributed by atoms with E-state index in [1.54, 1.807) is 0 Å². The number of nitrogens with zero attached hydrogens (tertiary/aromatic N) is 4. The quantitative estimate of drug-likeness (QED) is 0.865. The smallest absolute Gasteiger partial charge is 0.111 e. The Kier molecular flexibility index (Phi) is 3.20. The lowest BCUT2D eigenvalue weighted by Crippen LogP contribution is -2.50. The van der Waals surface area contributed by atoms with Crippen LogP contribution in [0.3, 0.4) is 0 Å². The molecule has 2 heterocycles. The van der Waals surface area contributed by atoms with E-state index in [-0.39, 0.29) is 6.04 Å². The molecule has 5 nitrogen and oxygen atoms in total. The number of hydrogen-bond acceptors (Lipinski definition) is 4. The van der Waals surface area contributed by atoms with Crippen LogP contribution in [0, 0.1) is 11.3 Å². The Bertz CT molecular complexity index is 624. The van der Waals surface area contributed by atoms with Gasteiger partial charge >= 0.3 is 0 Å². The van der Waals surface area contributed by atoms with Gasteiger partial charge in [0.25, 0.3) is 0 Å². The predicted octanol–water partition coefficient (Wildman–Crippen LogP) is 0.871. The molecule has 1 fully saturated rings. The maximum Gasteiger partial charge on any atom is 0.111 e. The number of rotatable bonds is 2. The summed E-state index contributed by atoms with van der Waals surface area (Å²) in [6.07, 6.45) is 0. The summed E-state index contributed by atoms with van der Waals surface area (Å²) in [7, 11) is 1.96. The summed E-state index contributed by atoms with van der Waals surface area (Å²) in [5.74, 6) is 0. The first-order valence-electron chi connectivity index (χ1n) is 6.54. The molecule has 1 N–H and O–H groups in total. The van der Waals surface area contributed by atoms with Crippen molar-refractivity contribution in [3.8, 4) is 6.07 Å². The number of fused-ring (bicyclic) bond motifs is 1. The van der Waals surface area contributed by atoms with Crippen molar-refractivity contribution in [1.29, 1.82) is 5.26 Å². The highest BCUT2D eigenvalue weighted by atomic mass is 15.3. The number of aryl methyl sites for hydroxylation is 1. The zero-order chi connectivity index (χ0) is 13.2. The van der Waals surface area contributed by atoms with Gasteiger partial charge in [-0.3, -0.25) is 9.58 Å². The van der Waals surface area contributed by atoms with Gasteiger partial charge in [-0.1, -0.05) is 18.2 Å². The van der Waals surface area contributed by atoms with E-state index in [9.17, 15) is 5.26 Å². The predicted molar refractivity (Wildman–Crippen MR) is 73.4 cm³/mol. The number of nitrogens with one attached hydrogen (secondary N) is 1. The van der Waals surface area contributed by atoms with Crippen molar-refractivity contribution < 1.29 is 0 Å². The van der Waals surface area contributed by atoms with Gasteiger partial charge in [0.2, 0.25) is 0 Å². The van der Waals surface area contributed by atoms with Crippen molar-refractivity contribution in [3.63, 3.8) is 0 Å². The van der Waals surface area contributed by atoms with Gasteiger partial charge in [-0.25, -0.2) is 0 Å². The van der Waals surface area contributed by atoms with Crippen molar-refractivity contribution in [2.45, 2.75) is 12.6 Å². The van der Waals surface area contributed by atoms with Gasteiger partial charge in [0.15, 0.2) is 0 Å². The molecule has 5 heteroatoms. The minimum atomic E-state index is -0.0606. The second-order valence-corrected chi connectivity index (χ2v) is 4.91. The van der Waals surface area contributed by atoms with Gasteiger partial charge in [-0.15, -0.1) is 0 Å². The van der Waals surface area contributed by atoms with E-state index in [1.807, 2.05) is 23.9 Å². The normalized spacial score (nSPS) is 20.5. The molecule has 19 heavy (non-hydrogen) atoms. The summed E-state index contributed by atoms with van der Waals surface area (Å²) in [4.78, 5) is 2.20. The third-order valence-corrected chi connectivity index (χ3v) is 3.69. The molecule has 1 aromatic carbocycles. The standard InChI is InChI=1S/C14H17N5/c1-18-14-5-3-2-4-12(14)13(17-18)10-19-7-6-16-9-11(19)8-15/h2-5,11,16H,6-7,9-10H2,1H3. The van der Waals surface area contributed by atoms with Crippen LogP contribution in [0.15, 0.2) is 24.3 Å². The van der Waals surface area contributed by atoms with E-state index in [0.717, 1.165) is 37.4 Å². The molecule has 0 saturated carbocycles.